The third-order valence-corrected chi connectivity index (χ3v) is 5.10. The number of carbonyl (C=O) groups excluding carboxylic acids is 2. The summed E-state index contributed by atoms with van der Waals surface area (Å²) < 4.78 is 5.17. The number of carbonyl (C=O) groups is 2. The number of nitrogens with zero attached hydrogens (tertiary/aromatic N) is 2. The molecule has 0 unspecified atom stereocenters. The number of hydrazone groups is 1. The molecule has 7 heteroatoms. The molecule has 6 nitrogen and oxygen atoms in total. The monoisotopic (exact) mass is 399 g/mol. The standard InChI is InChI=1S/C21H22ClN3O3/c1-28-18-7-4-6-16(13-18)21(27)25-11-9-15(10-12-25)20(26)24-23-14-17-5-2-3-8-19(17)22/h2-8,13-15H,9-12H2,1H3,(H,24,26)/b23-14-. The van der Waals surface area contributed by atoms with Crippen molar-refractivity contribution in [2.75, 3.05) is 20.2 Å². The summed E-state index contributed by atoms with van der Waals surface area (Å²) in [5.74, 6) is 0.292. The summed E-state index contributed by atoms with van der Waals surface area (Å²) in [5.41, 5.74) is 3.90. The second kappa shape index (κ2) is 9.37. The van der Waals surface area contributed by atoms with Gasteiger partial charge in [-0.3, -0.25) is 9.59 Å². The molecule has 1 aliphatic rings. The highest BCUT2D eigenvalue weighted by atomic mass is 35.5. The van der Waals surface area contributed by atoms with Crippen molar-refractivity contribution in [3.8, 4) is 5.75 Å². The van der Waals surface area contributed by atoms with E-state index in [1.807, 2.05) is 18.2 Å². The zero-order valence-electron chi connectivity index (χ0n) is 15.6. The summed E-state index contributed by atoms with van der Waals surface area (Å²) in [7, 11) is 1.57. The Morgan fingerprint density at radius 3 is 2.64 bits per heavy atom. The van der Waals surface area contributed by atoms with Gasteiger partial charge in [0.05, 0.1) is 13.3 Å². The molecule has 146 valence electrons. The number of amides is 2. The fourth-order valence-electron chi connectivity index (χ4n) is 3.12. The molecule has 2 aromatic carbocycles. The molecule has 0 aliphatic carbocycles. The largest absolute Gasteiger partial charge is 0.497 e. The van der Waals surface area contributed by atoms with Gasteiger partial charge in [0.25, 0.3) is 5.91 Å². The molecule has 0 atom stereocenters. The molecule has 1 aliphatic heterocycles. The van der Waals surface area contributed by atoms with Crippen molar-refractivity contribution < 1.29 is 14.3 Å². The van der Waals surface area contributed by atoms with Gasteiger partial charge < -0.3 is 9.64 Å². The predicted octanol–water partition coefficient (Wildman–Crippen LogP) is 3.35. The Kier molecular flexibility index (Phi) is 6.66. The number of hydrogen-bond donors (Lipinski definition) is 1. The quantitative estimate of drug-likeness (QED) is 0.619. The maximum atomic E-state index is 12.6. The van der Waals surface area contributed by atoms with Gasteiger partial charge in [-0.15, -0.1) is 0 Å². The smallest absolute Gasteiger partial charge is 0.253 e. The third-order valence-electron chi connectivity index (χ3n) is 4.75. The summed E-state index contributed by atoms with van der Waals surface area (Å²) in [6.07, 6.45) is 2.73. The van der Waals surface area contributed by atoms with Gasteiger partial charge in [0, 0.05) is 35.2 Å². The number of ether oxygens (including phenoxy) is 1. The highest BCUT2D eigenvalue weighted by Gasteiger charge is 2.27. The minimum absolute atomic E-state index is 0.0468. The van der Waals surface area contributed by atoms with Crippen molar-refractivity contribution >= 4 is 29.6 Å². The van der Waals surface area contributed by atoms with Gasteiger partial charge in [0.2, 0.25) is 5.91 Å². The lowest BCUT2D eigenvalue weighted by molar-refractivity contribution is -0.126. The van der Waals surface area contributed by atoms with Gasteiger partial charge in [0.15, 0.2) is 0 Å². The van der Waals surface area contributed by atoms with E-state index in [0.717, 1.165) is 5.56 Å². The fraction of sp³-hybridized carbons (Fsp3) is 0.286. The molecule has 1 fully saturated rings. The van der Waals surface area contributed by atoms with E-state index >= 15 is 0 Å². The molecule has 0 aromatic heterocycles. The van der Waals surface area contributed by atoms with Crippen LogP contribution in [0.5, 0.6) is 5.75 Å². The molecule has 2 aromatic rings. The van der Waals surface area contributed by atoms with Crippen LogP contribution >= 0.6 is 11.6 Å². The molecule has 1 heterocycles. The Hall–Kier alpha value is -2.86. The Labute approximate surface area is 169 Å². The van der Waals surface area contributed by atoms with E-state index < -0.39 is 0 Å². The van der Waals surface area contributed by atoms with E-state index in [4.69, 9.17) is 16.3 Å². The van der Waals surface area contributed by atoms with Crippen molar-refractivity contribution in [3.63, 3.8) is 0 Å². The second-order valence-corrected chi connectivity index (χ2v) is 6.96. The number of benzene rings is 2. The number of rotatable bonds is 5. The molecule has 1 N–H and O–H groups in total. The topological polar surface area (TPSA) is 71.0 Å². The van der Waals surface area contributed by atoms with E-state index in [1.165, 1.54) is 6.21 Å². The molecule has 2 amide bonds. The molecule has 3 rings (SSSR count). The first kappa shape index (κ1) is 19.9. The number of methoxy groups -OCH3 is 1. The van der Waals surface area contributed by atoms with E-state index in [0.29, 0.717) is 42.3 Å². The lowest BCUT2D eigenvalue weighted by Crippen LogP contribution is -2.42. The number of hydrogen-bond acceptors (Lipinski definition) is 4. The van der Waals surface area contributed by atoms with E-state index in [9.17, 15) is 9.59 Å². The average molecular weight is 400 g/mol. The first-order chi connectivity index (χ1) is 13.6. The molecule has 0 spiro atoms. The van der Waals surface area contributed by atoms with Crippen molar-refractivity contribution in [2.45, 2.75) is 12.8 Å². The van der Waals surface area contributed by atoms with Crippen LogP contribution in [0.25, 0.3) is 0 Å². The van der Waals surface area contributed by atoms with Crippen LogP contribution < -0.4 is 10.2 Å². The van der Waals surface area contributed by atoms with Crippen molar-refractivity contribution in [3.05, 3.63) is 64.7 Å². The minimum atomic E-state index is -0.169. The van der Waals surface area contributed by atoms with Crippen LogP contribution in [-0.2, 0) is 4.79 Å². The van der Waals surface area contributed by atoms with Crippen LogP contribution in [0.1, 0.15) is 28.8 Å². The summed E-state index contributed by atoms with van der Waals surface area (Å²) in [4.78, 5) is 26.7. The number of likely N-dealkylation sites (tertiary alicyclic amines) is 1. The highest BCUT2D eigenvalue weighted by Crippen LogP contribution is 2.21. The zero-order valence-corrected chi connectivity index (χ0v) is 16.4. The number of piperidine rings is 1. The van der Waals surface area contributed by atoms with Crippen molar-refractivity contribution in [1.29, 1.82) is 0 Å². The van der Waals surface area contributed by atoms with Gasteiger partial charge in [-0.05, 0) is 37.1 Å². The van der Waals surface area contributed by atoms with Crippen molar-refractivity contribution in [1.82, 2.24) is 10.3 Å². The molecule has 1 saturated heterocycles. The average Bonchev–Trinajstić information content (AvgIpc) is 2.74. The summed E-state index contributed by atoms with van der Waals surface area (Å²) in [5, 5.41) is 4.57. The predicted molar refractivity (Wildman–Crippen MR) is 109 cm³/mol. The number of nitrogens with one attached hydrogen (secondary N) is 1. The minimum Gasteiger partial charge on any atom is -0.497 e. The lowest BCUT2D eigenvalue weighted by atomic mass is 9.95. The Balaban J connectivity index is 1.51. The number of halogens is 1. The van der Waals surface area contributed by atoms with Gasteiger partial charge in [-0.25, -0.2) is 5.43 Å². The van der Waals surface area contributed by atoms with Gasteiger partial charge in [-0.1, -0.05) is 35.9 Å². The Bertz CT molecular complexity index is 877. The van der Waals surface area contributed by atoms with Gasteiger partial charge in [0.1, 0.15) is 5.75 Å². The van der Waals surface area contributed by atoms with E-state index in [2.05, 4.69) is 10.5 Å². The summed E-state index contributed by atoms with van der Waals surface area (Å²) >= 11 is 6.05. The molecular weight excluding hydrogens is 378 g/mol. The molecule has 0 bridgehead atoms. The maximum absolute atomic E-state index is 12.6. The molecule has 0 saturated carbocycles. The van der Waals surface area contributed by atoms with Gasteiger partial charge in [-0.2, -0.15) is 5.10 Å². The molecule has 28 heavy (non-hydrogen) atoms. The van der Waals surface area contributed by atoms with E-state index in [-0.39, 0.29) is 17.7 Å². The van der Waals surface area contributed by atoms with Crippen LogP contribution in [-0.4, -0.2) is 43.1 Å². The van der Waals surface area contributed by atoms with Crippen LogP contribution in [0.3, 0.4) is 0 Å². The lowest BCUT2D eigenvalue weighted by Gasteiger charge is -2.31. The van der Waals surface area contributed by atoms with Crippen LogP contribution in [0.2, 0.25) is 5.02 Å². The summed E-state index contributed by atoms with van der Waals surface area (Å²) in [6.45, 7) is 1.06. The van der Waals surface area contributed by atoms with Crippen LogP contribution in [0, 0.1) is 5.92 Å². The maximum Gasteiger partial charge on any atom is 0.253 e. The normalized spacial score (nSPS) is 14.9. The fourth-order valence-corrected chi connectivity index (χ4v) is 3.30. The second-order valence-electron chi connectivity index (χ2n) is 6.55. The van der Waals surface area contributed by atoms with E-state index in [1.54, 1.807) is 42.3 Å². The zero-order chi connectivity index (χ0) is 19.9. The third kappa shape index (κ3) is 4.89. The Morgan fingerprint density at radius 1 is 1.18 bits per heavy atom. The van der Waals surface area contributed by atoms with Crippen molar-refractivity contribution in [2.24, 2.45) is 11.0 Å². The molecule has 0 radical (unpaired) electrons. The van der Waals surface area contributed by atoms with Gasteiger partial charge >= 0.3 is 0 Å². The first-order valence-corrected chi connectivity index (χ1v) is 9.47. The first-order valence-electron chi connectivity index (χ1n) is 9.09. The van der Waals surface area contributed by atoms with Crippen LogP contribution in [0.15, 0.2) is 53.6 Å². The molecular formula is C21H22ClN3O3. The highest BCUT2D eigenvalue weighted by molar-refractivity contribution is 6.33. The Morgan fingerprint density at radius 2 is 1.93 bits per heavy atom. The summed E-state index contributed by atoms with van der Waals surface area (Å²) in [6, 6.07) is 14.4. The van der Waals surface area contributed by atoms with Crippen LogP contribution in [0.4, 0.5) is 0 Å². The SMILES string of the molecule is COc1cccc(C(=O)N2CCC(C(=O)N/N=C\c3ccccc3Cl)CC2)c1.